The van der Waals surface area contributed by atoms with Crippen molar-refractivity contribution in [3.8, 4) is 0 Å². The number of ether oxygens (including phenoxy) is 1. The summed E-state index contributed by atoms with van der Waals surface area (Å²) < 4.78 is 6.95. The third kappa shape index (κ3) is 2.57. The Kier molecular flexibility index (Phi) is 3.60. The number of hydrogen-bond donors (Lipinski definition) is 1. The first-order valence-electron chi connectivity index (χ1n) is 4.88. The maximum absolute atomic E-state index is 5.78. The highest BCUT2D eigenvalue weighted by Gasteiger charge is 2.33. The molecular formula is C10H14BrNOS. The first kappa shape index (κ1) is 10.6. The van der Waals surface area contributed by atoms with Crippen LogP contribution >= 0.6 is 27.3 Å². The highest BCUT2D eigenvalue weighted by atomic mass is 79.9. The maximum atomic E-state index is 5.78. The second-order valence-corrected chi connectivity index (χ2v) is 6.05. The van der Waals surface area contributed by atoms with Crippen LogP contribution in [0.3, 0.4) is 0 Å². The van der Waals surface area contributed by atoms with E-state index in [1.165, 1.54) is 21.5 Å². The minimum absolute atomic E-state index is 0.287. The summed E-state index contributed by atoms with van der Waals surface area (Å²) in [5.41, 5.74) is 5.45. The molecule has 2 N–H and O–H groups in total. The second kappa shape index (κ2) is 4.75. The molecule has 4 heteroatoms. The van der Waals surface area contributed by atoms with Crippen molar-refractivity contribution < 1.29 is 4.74 Å². The third-order valence-electron chi connectivity index (χ3n) is 2.34. The molecule has 0 aromatic carbocycles. The van der Waals surface area contributed by atoms with Crippen molar-refractivity contribution in [3.05, 3.63) is 20.8 Å². The van der Waals surface area contributed by atoms with E-state index < -0.39 is 0 Å². The zero-order valence-corrected chi connectivity index (χ0v) is 10.3. The predicted molar refractivity (Wildman–Crippen MR) is 62.5 cm³/mol. The molecule has 78 valence electrons. The number of thiophene rings is 1. The van der Waals surface area contributed by atoms with Gasteiger partial charge in [0.15, 0.2) is 0 Å². The van der Waals surface area contributed by atoms with Crippen LogP contribution in [0.15, 0.2) is 15.9 Å². The van der Waals surface area contributed by atoms with Gasteiger partial charge in [0.05, 0.1) is 16.5 Å². The van der Waals surface area contributed by atoms with E-state index in [4.69, 9.17) is 10.5 Å². The van der Waals surface area contributed by atoms with Crippen molar-refractivity contribution in [1.29, 1.82) is 0 Å². The van der Waals surface area contributed by atoms with Gasteiger partial charge in [0.2, 0.25) is 0 Å². The summed E-state index contributed by atoms with van der Waals surface area (Å²) in [4.78, 5) is 1.33. The second-order valence-electron chi connectivity index (χ2n) is 3.56. The van der Waals surface area contributed by atoms with Gasteiger partial charge in [-0.05, 0) is 46.8 Å². The molecule has 0 bridgehead atoms. The molecule has 0 radical (unpaired) electrons. The van der Waals surface area contributed by atoms with Gasteiger partial charge in [-0.25, -0.2) is 0 Å². The van der Waals surface area contributed by atoms with Crippen LogP contribution in [0.4, 0.5) is 0 Å². The smallest absolute Gasteiger partial charge is 0.0945 e. The number of rotatable bonds is 5. The fourth-order valence-electron chi connectivity index (χ4n) is 1.53. The standard InChI is InChI=1S/C10H14BrNOS/c11-9-4-3-8(14-9)10(7-1-2-7)13-6-5-12/h3-4,7,10H,1-2,5-6,12H2. The Bertz CT molecular complexity index is 298. The van der Waals surface area contributed by atoms with Crippen LogP contribution in [-0.4, -0.2) is 13.2 Å². The van der Waals surface area contributed by atoms with Gasteiger partial charge in [0, 0.05) is 11.4 Å². The fraction of sp³-hybridized carbons (Fsp3) is 0.600. The lowest BCUT2D eigenvalue weighted by Crippen LogP contribution is -2.13. The molecule has 1 aliphatic rings. The molecule has 0 amide bonds. The van der Waals surface area contributed by atoms with Gasteiger partial charge in [-0.1, -0.05) is 0 Å². The van der Waals surface area contributed by atoms with E-state index in [2.05, 4.69) is 28.1 Å². The summed E-state index contributed by atoms with van der Waals surface area (Å²) in [6, 6.07) is 4.23. The van der Waals surface area contributed by atoms with Crippen molar-refractivity contribution >= 4 is 27.3 Å². The third-order valence-corrected chi connectivity index (χ3v) is 4.02. The average Bonchev–Trinajstić information content (AvgIpc) is 2.91. The highest BCUT2D eigenvalue weighted by Crippen LogP contribution is 2.45. The Morgan fingerprint density at radius 1 is 1.57 bits per heavy atom. The Balaban J connectivity index is 2.02. The van der Waals surface area contributed by atoms with Crippen LogP contribution in [0.1, 0.15) is 23.8 Å². The molecule has 1 aliphatic carbocycles. The van der Waals surface area contributed by atoms with Gasteiger partial charge in [-0.15, -0.1) is 11.3 Å². The van der Waals surface area contributed by atoms with Crippen molar-refractivity contribution in [1.82, 2.24) is 0 Å². The first-order chi connectivity index (χ1) is 6.81. The van der Waals surface area contributed by atoms with Crippen LogP contribution in [0, 0.1) is 5.92 Å². The van der Waals surface area contributed by atoms with Gasteiger partial charge in [-0.2, -0.15) is 0 Å². The molecule has 2 nitrogen and oxygen atoms in total. The number of halogens is 1. The van der Waals surface area contributed by atoms with Crippen LogP contribution in [0.5, 0.6) is 0 Å². The maximum Gasteiger partial charge on any atom is 0.0945 e. The van der Waals surface area contributed by atoms with E-state index in [0.29, 0.717) is 13.2 Å². The van der Waals surface area contributed by atoms with Crippen LogP contribution in [-0.2, 0) is 4.74 Å². The molecule has 1 aromatic heterocycles. The molecule has 1 fully saturated rings. The Hall–Kier alpha value is 0.1000. The zero-order chi connectivity index (χ0) is 9.97. The van der Waals surface area contributed by atoms with Crippen molar-refractivity contribution in [2.24, 2.45) is 11.7 Å². The molecule has 1 heterocycles. The highest BCUT2D eigenvalue weighted by molar-refractivity contribution is 9.11. The minimum atomic E-state index is 0.287. The van der Waals surface area contributed by atoms with Gasteiger partial charge in [0.1, 0.15) is 0 Å². The fourth-order valence-corrected chi connectivity index (χ4v) is 3.09. The number of hydrogen-bond acceptors (Lipinski definition) is 3. The van der Waals surface area contributed by atoms with Crippen molar-refractivity contribution in [3.63, 3.8) is 0 Å². The predicted octanol–water partition coefficient (Wildman–Crippen LogP) is 2.94. The zero-order valence-electron chi connectivity index (χ0n) is 7.91. The average molecular weight is 276 g/mol. The van der Waals surface area contributed by atoms with Gasteiger partial charge < -0.3 is 10.5 Å². The van der Waals surface area contributed by atoms with E-state index in [1.807, 2.05) is 0 Å². The number of nitrogens with two attached hydrogens (primary N) is 1. The summed E-state index contributed by atoms with van der Waals surface area (Å²) in [7, 11) is 0. The van der Waals surface area contributed by atoms with Crippen LogP contribution < -0.4 is 5.73 Å². The Labute approximate surface area is 96.6 Å². The van der Waals surface area contributed by atoms with E-state index in [0.717, 1.165) is 5.92 Å². The van der Waals surface area contributed by atoms with Crippen molar-refractivity contribution in [2.75, 3.05) is 13.2 Å². The molecule has 0 saturated heterocycles. The molecule has 1 atom stereocenters. The largest absolute Gasteiger partial charge is 0.371 e. The van der Waals surface area contributed by atoms with Gasteiger partial charge in [0.25, 0.3) is 0 Å². The molecule has 2 rings (SSSR count). The lowest BCUT2D eigenvalue weighted by Gasteiger charge is -2.14. The van der Waals surface area contributed by atoms with Crippen LogP contribution in [0.25, 0.3) is 0 Å². The van der Waals surface area contributed by atoms with Gasteiger partial charge in [-0.3, -0.25) is 0 Å². The monoisotopic (exact) mass is 275 g/mol. The Morgan fingerprint density at radius 2 is 2.36 bits per heavy atom. The van der Waals surface area contributed by atoms with E-state index >= 15 is 0 Å². The first-order valence-corrected chi connectivity index (χ1v) is 6.49. The lowest BCUT2D eigenvalue weighted by atomic mass is 10.2. The molecule has 0 spiro atoms. The molecule has 14 heavy (non-hydrogen) atoms. The molecule has 1 unspecified atom stereocenters. The van der Waals surface area contributed by atoms with E-state index in [1.54, 1.807) is 11.3 Å². The topological polar surface area (TPSA) is 35.2 Å². The SMILES string of the molecule is NCCOC(c1ccc(Br)s1)C1CC1. The Morgan fingerprint density at radius 3 is 2.86 bits per heavy atom. The molecule has 0 aliphatic heterocycles. The van der Waals surface area contributed by atoms with Crippen LogP contribution in [0.2, 0.25) is 0 Å². The van der Waals surface area contributed by atoms with E-state index in [9.17, 15) is 0 Å². The summed E-state index contributed by atoms with van der Waals surface area (Å²) >= 11 is 5.24. The molecular weight excluding hydrogens is 262 g/mol. The van der Waals surface area contributed by atoms with E-state index in [-0.39, 0.29) is 6.10 Å². The molecule has 1 saturated carbocycles. The summed E-state index contributed by atoms with van der Waals surface area (Å²) in [6.07, 6.45) is 2.88. The summed E-state index contributed by atoms with van der Waals surface area (Å²) in [6.45, 7) is 1.27. The molecule has 1 aromatic rings. The summed E-state index contributed by atoms with van der Waals surface area (Å²) in [5, 5.41) is 0. The summed E-state index contributed by atoms with van der Waals surface area (Å²) in [5.74, 6) is 0.729. The minimum Gasteiger partial charge on any atom is -0.371 e. The quantitative estimate of drug-likeness (QED) is 0.897. The van der Waals surface area contributed by atoms with Gasteiger partial charge >= 0.3 is 0 Å². The lowest BCUT2D eigenvalue weighted by molar-refractivity contribution is 0.0449. The van der Waals surface area contributed by atoms with Crippen molar-refractivity contribution in [2.45, 2.75) is 18.9 Å². The normalized spacial score (nSPS) is 18.4.